The second-order valence-corrected chi connectivity index (χ2v) is 7.05. The molecule has 0 radical (unpaired) electrons. The van der Waals surface area contributed by atoms with E-state index in [9.17, 15) is 9.59 Å². The summed E-state index contributed by atoms with van der Waals surface area (Å²) in [5.41, 5.74) is 2.94. The van der Waals surface area contributed by atoms with Crippen LogP contribution in [-0.4, -0.2) is 27.3 Å². The lowest BCUT2D eigenvalue weighted by atomic mass is 10.1. The molecule has 0 bridgehead atoms. The summed E-state index contributed by atoms with van der Waals surface area (Å²) >= 11 is 1.35. The van der Waals surface area contributed by atoms with Gasteiger partial charge in [-0.1, -0.05) is 6.92 Å². The molecule has 1 aliphatic heterocycles. The van der Waals surface area contributed by atoms with Crippen LogP contribution in [-0.2, 0) is 13.0 Å². The Kier molecular flexibility index (Phi) is 4.72. The number of aryl methyl sites for hydroxylation is 1. The third kappa shape index (κ3) is 3.61. The first kappa shape index (κ1) is 17.4. The van der Waals surface area contributed by atoms with Crippen LogP contribution >= 0.6 is 11.3 Å². The number of anilines is 1. The van der Waals surface area contributed by atoms with E-state index < -0.39 is 0 Å². The van der Waals surface area contributed by atoms with Crippen molar-refractivity contribution < 1.29 is 9.53 Å². The van der Waals surface area contributed by atoms with E-state index in [1.807, 2.05) is 24.4 Å². The van der Waals surface area contributed by atoms with Gasteiger partial charge in [0, 0.05) is 30.0 Å². The molecule has 0 aliphatic carbocycles. The van der Waals surface area contributed by atoms with E-state index in [4.69, 9.17) is 4.74 Å². The highest BCUT2D eigenvalue weighted by atomic mass is 32.1. The molecule has 27 heavy (non-hydrogen) atoms. The minimum atomic E-state index is -0.386. The van der Waals surface area contributed by atoms with Crippen LogP contribution in [0.4, 0.5) is 5.13 Å². The molecule has 0 unspecified atom stereocenters. The third-order valence-corrected chi connectivity index (χ3v) is 5.00. The zero-order valence-electron chi connectivity index (χ0n) is 14.8. The molecule has 2 aromatic heterocycles. The maximum Gasteiger partial charge on any atom is 0.277 e. The zero-order valence-corrected chi connectivity index (χ0v) is 15.6. The minimum Gasteiger partial charge on any atom is -0.493 e. The summed E-state index contributed by atoms with van der Waals surface area (Å²) in [7, 11) is 0. The number of thiazole rings is 1. The SMILES string of the molecule is CCCn1nc(C(=O)Nc2nc(-c3ccc4c(c3)CCO4)cs2)ccc1=O. The number of fused-ring (bicyclic) bond motifs is 1. The Morgan fingerprint density at radius 3 is 3.07 bits per heavy atom. The van der Waals surface area contributed by atoms with Crippen molar-refractivity contribution >= 4 is 22.4 Å². The van der Waals surface area contributed by atoms with Crippen molar-refractivity contribution in [2.24, 2.45) is 0 Å². The lowest BCUT2D eigenvalue weighted by Crippen LogP contribution is -2.26. The molecule has 1 amide bonds. The van der Waals surface area contributed by atoms with Crippen molar-refractivity contribution in [3.8, 4) is 17.0 Å². The van der Waals surface area contributed by atoms with Crippen molar-refractivity contribution in [1.82, 2.24) is 14.8 Å². The Hall–Kier alpha value is -3.00. The molecule has 0 saturated heterocycles. The maximum absolute atomic E-state index is 12.4. The number of aromatic nitrogens is 3. The summed E-state index contributed by atoms with van der Waals surface area (Å²) in [6, 6.07) is 8.78. The van der Waals surface area contributed by atoms with Gasteiger partial charge in [-0.2, -0.15) is 5.10 Å². The van der Waals surface area contributed by atoms with Crippen molar-refractivity contribution in [2.45, 2.75) is 26.3 Å². The van der Waals surface area contributed by atoms with Crippen molar-refractivity contribution in [2.75, 3.05) is 11.9 Å². The number of hydrogen-bond donors (Lipinski definition) is 1. The topological polar surface area (TPSA) is 86.1 Å². The van der Waals surface area contributed by atoms with Crippen LogP contribution in [0.3, 0.4) is 0 Å². The van der Waals surface area contributed by atoms with Crippen LogP contribution in [0, 0.1) is 0 Å². The lowest BCUT2D eigenvalue weighted by Gasteiger charge is -2.05. The summed E-state index contributed by atoms with van der Waals surface area (Å²) in [5.74, 6) is 0.541. The molecule has 1 aliphatic rings. The van der Waals surface area contributed by atoms with Gasteiger partial charge in [0.15, 0.2) is 5.13 Å². The van der Waals surface area contributed by atoms with E-state index in [0.29, 0.717) is 18.3 Å². The van der Waals surface area contributed by atoms with Gasteiger partial charge in [0.25, 0.3) is 11.5 Å². The fraction of sp³-hybridized carbons (Fsp3) is 0.263. The predicted octanol–water partition coefficient (Wildman–Crippen LogP) is 2.96. The summed E-state index contributed by atoms with van der Waals surface area (Å²) < 4.78 is 6.83. The van der Waals surface area contributed by atoms with E-state index in [1.54, 1.807) is 0 Å². The summed E-state index contributed by atoms with van der Waals surface area (Å²) in [6.07, 6.45) is 1.66. The number of nitrogens with one attached hydrogen (secondary N) is 1. The van der Waals surface area contributed by atoms with Gasteiger partial charge in [0.05, 0.1) is 12.3 Å². The van der Waals surface area contributed by atoms with Crippen LogP contribution in [0.5, 0.6) is 5.75 Å². The molecule has 1 N–H and O–H groups in total. The largest absolute Gasteiger partial charge is 0.493 e. The quantitative estimate of drug-likeness (QED) is 0.733. The average Bonchev–Trinajstić information content (AvgIpc) is 3.32. The van der Waals surface area contributed by atoms with Crippen LogP contribution in [0.2, 0.25) is 0 Å². The number of nitrogens with zero attached hydrogens (tertiary/aromatic N) is 3. The molecule has 8 heteroatoms. The predicted molar refractivity (Wildman–Crippen MR) is 103 cm³/mol. The first-order valence-corrected chi connectivity index (χ1v) is 9.63. The van der Waals surface area contributed by atoms with Crippen molar-refractivity contribution in [1.29, 1.82) is 0 Å². The van der Waals surface area contributed by atoms with Crippen LogP contribution in [0.1, 0.15) is 29.4 Å². The number of benzene rings is 1. The maximum atomic E-state index is 12.4. The Bertz CT molecular complexity index is 1060. The van der Waals surface area contributed by atoms with Gasteiger partial charge in [0.1, 0.15) is 11.4 Å². The highest BCUT2D eigenvalue weighted by Crippen LogP contribution is 2.31. The number of ether oxygens (including phenoxy) is 1. The second-order valence-electron chi connectivity index (χ2n) is 6.19. The molecule has 0 atom stereocenters. The summed E-state index contributed by atoms with van der Waals surface area (Å²) in [4.78, 5) is 28.7. The number of hydrogen-bond acceptors (Lipinski definition) is 6. The van der Waals surface area contributed by atoms with E-state index in [0.717, 1.165) is 29.8 Å². The first-order valence-electron chi connectivity index (χ1n) is 8.75. The highest BCUT2D eigenvalue weighted by molar-refractivity contribution is 7.14. The molecular weight excluding hydrogens is 364 g/mol. The van der Waals surface area contributed by atoms with Crippen LogP contribution < -0.4 is 15.6 Å². The van der Waals surface area contributed by atoms with E-state index >= 15 is 0 Å². The van der Waals surface area contributed by atoms with Gasteiger partial charge in [-0.15, -0.1) is 11.3 Å². The second kappa shape index (κ2) is 7.32. The molecule has 0 fully saturated rings. The van der Waals surface area contributed by atoms with Gasteiger partial charge in [-0.05, 0) is 36.2 Å². The molecule has 0 saturated carbocycles. The van der Waals surface area contributed by atoms with Gasteiger partial charge in [0.2, 0.25) is 0 Å². The van der Waals surface area contributed by atoms with E-state index in [1.165, 1.54) is 33.7 Å². The van der Waals surface area contributed by atoms with Crippen molar-refractivity contribution in [3.05, 3.63) is 57.3 Å². The third-order valence-electron chi connectivity index (χ3n) is 4.24. The van der Waals surface area contributed by atoms with E-state index in [2.05, 4.69) is 21.5 Å². The normalized spacial score (nSPS) is 12.5. The molecule has 138 valence electrons. The fourth-order valence-electron chi connectivity index (χ4n) is 2.91. The van der Waals surface area contributed by atoms with Crippen LogP contribution in [0.15, 0.2) is 40.5 Å². The average molecular weight is 382 g/mol. The van der Waals surface area contributed by atoms with Gasteiger partial charge >= 0.3 is 0 Å². The standard InChI is InChI=1S/C19H18N4O3S/c1-2-8-23-17(24)6-4-14(22-23)18(25)21-19-20-15(11-27-19)12-3-5-16-13(10-12)7-9-26-16/h3-6,10-11H,2,7-9H2,1H3,(H,20,21,25). The van der Waals surface area contributed by atoms with Gasteiger partial charge in [-0.25, -0.2) is 9.67 Å². The molecule has 1 aromatic carbocycles. The molecule has 3 aromatic rings. The molecular formula is C19H18N4O3S. The van der Waals surface area contributed by atoms with Gasteiger partial charge in [-0.3, -0.25) is 14.9 Å². The fourth-order valence-corrected chi connectivity index (χ4v) is 3.63. The number of carbonyl (C=O) groups is 1. The zero-order chi connectivity index (χ0) is 18.8. The molecule has 4 rings (SSSR count). The lowest BCUT2D eigenvalue weighted by molar-refractivity contribution is 0.101. The Morgan fingerprint density at radius 1 is 1.33 bits per heavy atom. The Balaban J connectivity index is 1.52. The number of amides is 1. The molecule has 7 nitrogen and oxygen atoms in total. The summed E-state index contributed by atoms with van der Waals surface area (Å²) in [6.45, 7) is 3.14. The monoisotopic (exact) mass is 382 g/mol. The number of rotatable bonds is 5. The molecule has 0 spiro atoms. The Labute approximate surface area is 159 Å². The van der Waals surface area contributed by atoms with E-state index in [-0.39, 0.29) is 17.2 Å². The first-order chi connectivity index (χ1) is 13.1. The van der Waals surface area contributed by atoms with Crippen molar-refractivity contribution in [3.63, 3.8) is 0 Å². The highest BCUT2D eigenvalue weighted by Gasteiger charge is 2.15. The summed E-state index contributed by atoms with van der Waals surface area (Å²) in [5, 5.41) is 9.26. The van der Waals surface area contributed by atoms with Gasteiger partial charge < -0.3 is 4.74 Å². The number of carbonyl (C=O) groups excluding carboxylic acids is 1. The Morgan fingerprint density at radius 2 is 2.22 bits per heavy atom. The molecule has 3 heterocycles. The van der Waals surface area contributed by atoms with Crippen LogP contribution in [0.25, 0.3) is 11.3 Å². The smallest absolute Gasteiger partial charge is 0.277 e. The minimum absolute atomic E-state index is 0.189.